The number of benzene rings is 1. The average Bonchev–Trinajstić information content (AvgIpc) is 3.48. The maximum Gasteiger partial charge on any atom is 0.174 e. The highest BCUT2D eigenvalue weighted by Crippen LogP contribution is 2.44. The molecule has 4 nitrogen and oxygen atoms in total. The molecular formula is C23H23FN4S. The fraction of sp³-hybridized carbons (Fsp3) is 0.304. The molecule has 1 aromatic carbocycles. The zero-order valence-corrected chi connectivity index (χ0v) is 16.9. The summed E-state index contributed by atoms with van der Waals surface area (Å²) in [7, 11) is 0. The molecule has 2 fully saturated rings. The van der Waals surface area contributed by atoms with Gasteiger partial charge < -0.3 is 14.8 Å². The van der Waals surface area contributed by atoms with Crippen molar-refractivity contribution in [1.82, 2.24) is 14.9 Å². The fourth-order valence-corrected chi connectivity index (χ4v) is 5.07. The van der Waals surface area contributed by atoms with Gasteiger partial charge in [-0.3, -0.25) is 4.98 Å². The molecule has 0 spiro atoms. The number of anilines is 1. The molecule has 3 heterocycles. The number of pyridine rings is 1. The molecule has 29 heavy (non-hydrogen) atoms. The van der Waals surface area contributed by atoms with Gasteiger partial charge in [0.15, 0.2) is 5.11 Å². The monoisotopic (exact) mass is 406 g/mol. The average molecular weight is 407 g/mol. The summed E-state index contributed by atoms with van der Waals surface area (Å²) in [5.74, 6) is -0.276. The van der Waals surface area contributed by atoms with Crippen LogP contribution in [0.4, 0.5) is 10.1 Å². The van der Waals surface area contributed by atoms with Gasteiger partial charge in [-0.2, -0.15) is 0 Å². The molecule has 1 saturated carbocycles. The number of aromatic nitrogens is 2. The van der Waals surface area contributed by atoms with E-state index in [1.807, 2.05) is 29.2 Å². The highest BCUT2D eigenvalue weighted by molar-refractivity contribution is 7.80. The minimum absolute atomic E-state index is 0.154. The zero-order valence-electron chi connectivity index (χ0n) is 16.0. The van der Waals surface area contributed by atoms with Crippen molar-refractivity contribution in [1.29, 1.82) is 0 Å². The number of halogens is 1. The number of thiocarbonyl (C=S) groups is 1. The maximum atomic E-state index is 14.8. The molecule has 1 N–H and O–H groups in total. The van der Waals surface area contributed by atoms with Gasteiger partial charge >= 0.3 is 0 Å². The Labute approximate surface area is 175 Å². The van der Waals surface area contributed by atoms with Gasteiger partial charge in [-0.05, 0) is 61.5 Å². The number of para-hydroxylation sites is 1. The molecule has 1 aliphatic carbocycles. The third-order valence-corrected chi connectivity index (χ3v) is 6.36. The number of nitrogens with one attached hydrogen (secondary N) is 1. The zero-order chi connectivity index (χ0) is 19.8. The first-order chi connectivity index (χ1) is 14.2. The van der Waals surface area contributed by atoms with E-state index in [1.54, 1.807) is 18.3 Å². The number of nitrogens with zero attached hydrogens (tertiary/aromatic N) is 3. The molecule has 1 saturated heterocycles. The van der Waals surface area contributed by atoms with Crippen LogP contribution in [0, 0.1) is 5.82 Å². The van der Waals surface area contributed by atoms with E-state index in [-0.39, 0.29) is 17.9 Å². The number of hydrogen-bond acceptors (Lipinski definition) is 2. The van der Waals surface area contributed by atoms with Crippen molar-refractivity contribution in [3.05, 3.63) is 84.2 Å². The van der Waals surface area contributed by atoms with Gasteiger partial charge in [-0.1, -0.05) is 31.0 Å². The summed E-state index contributed by atoms with van der Waals surface area (Å²) in [5, 5.41) is 3.94. The third-order valence-electron chi connectivity index (χ3n) is 6.04. The predicted molar refractivity (Wildman–Crippen MR) is 116 cm³/mol. The van der Waals surface area contributed by atoms with E-state index < -0.39 is 0 Å². The molecule has 6 heteroatoms. The Morgan fingerprint density at radius 1 is 1.00 bits per heavy atom. The van der Waals surface area contributed by atoms with Crippen molar-refractivity contribution in [3.8, 4) is 0 Å². The van der Waals surface area contributed by atoms with Crippen LogP contribution >= 0.6 is 12.2 Å². The first-order valence-corrected chi connectivity index (χ1v) is 10.6. The third kappa shape index (κ3) is 3.21. The highest BCUT2D eigenvalue weighted by atomic mass is 32.1. The Balaban J connectivity index is 1.65. The molecule has 2 atom stereocenters. The van der Waals surface area contributed by atoms with Gasteiger partial charge in [0.1, 0.15) is 11.9 Å². The topological polar surface area (TPSA) is 33.1 Å². The first-order valence-electron chi connectivity index (χ1n) is 10.2. The smallest absolute Gasteiger partial charge is 0.174 e. The summed E-state index contributed by atoms with van der Waals surface area (Å²) in [4.78, 5) is 6.50. The summed E-state index contributed by atoms with van der Waals surface area (Å²) >= 11 is 5.70. The molecule has 2 aliphatic rings. The Morgan fingerprint density at radius 3 is 2.55 bits per heavy atom. The first kappa shape index (κ1) is 18.3. The highest BCUT2D eigenvalue weighted by Gasteiger charge is 2.43. The molecule has 5 rings (SSSR count). The predicted octanol–water partition coefficient (Wildman–Crippen LogP) is 5.31. The Hall–Kier alpha value is -2.73. The molecule has 1 aliphatic heterocycles. The SMILES string of the molecule is Fc1ccccc1N1C(=S)N[C@@H](c2ccccn2)[C@H]1c1cccn1C1CCCC1. The second kappa shape index (κ2) is 7.59. The molecule has 0 radical (unpaired) electrons. The number of hydrogen-bond donors (Lipinski definition) is 1. The van der Waals surface area contributed by atoms with Crippen LogP contribution in [0.15, 0.2) is 67.0 Å². The fourth-order valence-electron chi connectivity index (χ4n) is 4.73. The van der Waals surface area contributed by atoms with Crippen molar-refractivity contribution in [2.24, 2.45) is 0 Å². The standard InChI is InChI=1S/C23H23FN4S/c24-17-10-3-4-12-19(17)28-22(20-13-7-15-27(20)16-8-1-2-9-16)21(26-23(28)29)18-11-5-6-14-25-18/h3-7,10-16,21-22H,1-2,8-9H2,(H,26,29)/t21-,22+/m0/s1. The summed E-state index contributed by atoms with van der Waals surface area (Å²) in [6.07, 6.45) is 8.82. The maximum absolute atomic E-state index is 14.8. The van der Waals surface area contributed by atoms with E-state index in [1.165, 1.54) is 31.7 Å². The molecule has 148 valence electrons. The lowest BCUT2D eigenvalue weighted by molar-refractivity contribution is 0.460. The molecule has 0 bridgehead atoms. The van der Waals surface area contributed by atoms with Gasteiger partial charge in [0.25, 0.3) is 0 Å². The summed E-state index contributed by atoms with van der Waals surface area (Å²) in [5.41, 5.74) is 2.54. The van der Waals surface area contributed by atoms with Gasteiger partial charge in [0.2, 0.25) is 0 Å². The largest absolute Gasteiger partial charge is 0.351 e. The second-order valence-electron chi connectivity index (χ2n) is 7.73. The molecule has 3 aromatic rings. The van der Waals surface area contributed by atoms with Crippen LogP contribution in [0.3, 0.4) is 0 Å². The molecular weight excluding hydrogens is 383 g/mol. The van der Waals surface area contributed by atoms with E-state index in [0.29, 0.717) is 16.8 Å². The van der Waals surface area contributed by atoms with Crippen molar-refractivity contribution in [2.75, 3.05) is 4.90 Å². The molecule has 0 amide bonds. The van der Waals surface area contributed by atoms with Crippen LogP contribution in [0.5, 0.6) is 0 Å². The van der Waals surface area contributed by atoms with Crippen LogP contribution in [-0.2, 0) is 0 Å². The Morgan fingerprint density at radius 2 is 1.79 bits per heavy atom. The quantitative estimate of drug-likeness (QED) is 0.595. The number of rotatable bonds is 4. The van der Waals surface area contributed by atoms with Gasteiger partial charge in [0, 0.05) is 24.1 Å². The van der Waals surface area contributed by atoms with E-state index >= 15 is 0 Å². The van der Waals surface area contributed by atoms with Crippen LogP contribution in [0.1, 0.15) is 55.2 Å². The minimum atomic E-state index is -0.276. The lowest BCUT2D eigenvalue weighted by Crippen LogP contribution is -2.31. The van der Waals surface area contributed by atoms with Crippen LogP contribution in [0.2, 0.25) is 0 Å². The van der Waals surface area contributed by atoms with Gasteiger partial charge in [0.05, 0.1) is 17.4 Å². The normalized spacial score (nSPS) is 22.2. The van der Waals surface area contributed by atoms with Crippen LogP contribution in [0.25, 0.3) is 0 Å². The summed E-state index contributed by atoms with van der Waals surface area (Å²) in [6.45, 7) is 0. The van der Waals surface area contributed by atoms with E-state index in [2.05, 4.69) is 33.2 Å². The van der Waals surface area contributed by atoms with Crippen molar-refractivity contribution in [2.45, 2.75) is 43.8 Å². The molecule has 0 unspecified atom stereocenters. The van der Waals surface area contributed by atoms with E-state index in [9.17, 15) is 4.39 Å². The van der Waals surface area contributed by atoms with Crippen LogP contribution in [-0.4, -0.2) is 14.7 Å². The second-order valence-corrected chi connectivity index (χ2v) is 8.11. The van der Waals surface area contributed by atoms with Crippen LogP contribution < -0.4 is 10.2 Å². The molecule has 2 aromatic heterocycles. The van der Waals surface area contributed by atoms with Gasteiger partial charge in [-0.15, -0.1) is 0 Å². The van der Waals surface area contributed by atoms with Crippen molar-refractivity contribution >= 4 is 23.0 Å². The van der Waals surface area contributed by atoms with E-state index in [0.717, 1.165) is 11.4 Å². The Kier molecular flexibility index (Phi) is 4.79. The lowest BCUT2D eigenvalue weighted by Gasteiger charge is -2.30. The lowest BCUT2D eigenvalue weighted by atomic mass is 10.00. The summed E-state index contributed by atoms with van der Waals surface area (Å²) in [6, 6.07) is 17.1. The van der Waals surface area contributed by atoms with Gasteiger partial charge in [-0.25, -0.2) is 4.39 Å². The Bertz CT molecular complexity index is 1010. The summed E-state index contributed by atoms with van der Waals surface area (Å²) < 4.78 is 17.2. The minimum Gasteiger partial charge on any atom is -0.351 e. The van der Waals surface area contributed by atoms with Crippen molar-refractivity contribution < 1.29 is 4.39 Å². The van der Waals surface area contributed by atoms with E-state index in [4.69, 9.17) is 12.2 Å². The van der Waals surface area contributed by atoms with Crippen molar-refractivity contribution in [3.63, 3.8) is 0 Å².